The lowest BCUT2D eigenvalue weighted by atomic mass is 10.00. The summed E-state index contributed by atoms with van der Waals surface area (Å²) in [6.45, 7) is 3.55. The minimum atomic E-state index is -0.243. The quantitative estimate of drug-likeness (QED) is 0.812. The molecule has 21 heavy (non-hydrogen) atoms. The zero-order valence-electron chi connectivity index (χ0n) is 11.8. The van der Waals surface area contributed by atoms with Gasteiger partial charge in [-0.05, 0) is 37.0 Å². The van der Waals surface area contributed by atoms with Crippen molar-refractivity contribution in [2.45, 2.75) is 19.8 Å². The Balaban J connectivity index is 1.99. The van der Waals surface area contributed by atoms with E-state index in [1.165, 1.54) is 6.07 Å². The first-order valence-corrected chi connectivity index (χ1v) is 7.45. The average Bonchev–Trinajstić information content (AvgIpc) is 2.47. The van der Waals surface area contributed by atoms with Gasteiger partial charge >= 0.3 is 0 Å². The van der Waals surface area contributed by atoms with E-state index in [2.05, 4.69) is 6.92 Å². The van der Waals surface area contributed by atoms with Crippen LogP contribution in [0.25, 0.3) is 11.0 Å². The third kappa shape index (κ3) is 2.81. The lowest BCUT2D eigenvalue weighted by Crippen LogP contribution is -2.39. The molecule has 1 amide bonds. The number of carbonyl (C=O) groups is 1. The molecular weight excluding hydrogens is 290 g/mol. The molecule has 1 saturated heterocycles. The average molecular weight is 306 g/mol. The maximum absolute atomic E-state index is 12.5. The first kappa shape index (κ1) is 14.1. The Morgan fingerprint density at radius 1 is 1.38 bits per heavy atom. The van der Waals surface area contributed by atoms with Gasteiger partial charge in [-0.25, -0.2) is 0 Å². The smallest absolute Gasteiger partial charge is 0.289 e. The number of piperidine rings is 1. The summed E-state index contributed by atoms with van der Waals surface area (Å²) in [7, 11) is 0. The molecule has 110 valence electrons. The van der Waals surface area contributed by atoms with Gasteiger partial charge in [0.15, 0.2) is 11.2 Å². The molecule has 5 heteroatoms. The normalized spacial score (nSPS) is 19.0. The maximum Gasteiger partial charge on any atom is 0.289 e. The molecule has 0 radical (unpaired) electrons. The van der Waals surface area contributed by atoms with Crippen LogP contribution < -0.4 is 5.43 Å². The van der Waals surface area contributed by atoms with E-state index in [0.29, 0.717) is 35.0 Å². The van der Waals surface area contributed by atoms with Crippen LogP contribution in [-0.4, -0.2) is 23.9 Å². The van der Waals surface area contributed by atoms with Crippen molar-refractivity contribution in [3.8, 4) is 0 Å². The van der Waals surface area contributed by atoms with E-state index in [1.807, 2.05) is 0 Å². The number of hydrogen-bond donors (Lipinski definition) is 0. The molecule has 2 heterocycles. The summed E-state index contributed by atoms with van der Waals surface area (Å²) in [6, 6.07) is 6.08. The molecule has 4 nitrogen and oxygen atoms in total. The number of fused-ring (bicyclic) bond motifs is 1. The molecule has 0 spiro atoms. The summed E-state index contributed by atoms with van der Waals surface area (Å²) in [4.78, 5) is 26.3. The Morgan fingerprint density at radius 3 is 2.95 bits per heavy atom. The van der Waals surface area contributed by atoms with Gasteiger partial charge in [-0.1, -0.05) is 18.5 Å². The third-order valence-corrected chi connectivity index (χ3v) is 4.08. The van der Waals surface area contributed by atoms with E-state index in [9.17, 15) is 9.59 Å². The fraction of sp³-hybridized carbons (Fsp3) is 0.375. The highest BCUT2D eigenvalue weighted by Gasteiger charge is 2.24. The molecule has 0 unspecified atom stereocenters. The number of rotatable bonds is 1. The molecule has 0 bridgehead atoms. The summed E-state index contributed by atoms with van der Waals surface area (Å²) < 4.78 is 5.60. The van der Waals surface area contributed by atoms with Crippen LogP contribution in [-0.2, 0) is 0 Å². The second kappa shape index (κ2) is 5.53. The summed E-state index contributed by atoms with van der Waals surface area (Å²) in [5.74, 6) is 0.369. The number of likely N-dealkylation sites (tertiary alicyclic amines) is 1. The first-order chi connectivity index (χ1) is 10.0. The van der Waals surface area contributed by atoms with Gasteiger partial charge < -0.3 is 9.32 Å². The lowest BCUT2D eigenvalue weighted by molar-refractivity contribution is 0.0651. The molecule has 1 aromatic heterocycles. The van der Waals surface area contributed by atoms with Gasteiger partial charge in [0, 0.05) is 24.2 Å². The van der Waals surface area contributed by atoms with Crippen LogP contribution in [0.4, 0.5) is 0 Å². The van der Waals surface area contributed by atoms with E-state index < -0.39 is 0 Å². The van der Waals surface area contributed by atoms with E-state index >= 15 is 0 Å². The van der Waals surface area contributed by atoms with E-state index in [-0.39, 0.29) is 17.1 Å². The Kier molecular flexibility index (Phi) is 3.72. The van der Waals surface area contributed by atoms with Crippen LogP contribution >= 0.6 is 11.6 Å². The van der Waals surface area contributed by atoms with Crippen molar-refractivity contribution in [3.63, 3.8) is 0 Å². The standard InChI is InChI=1S/C16H16ClNO3/c1-10-3-2-6-18(9-10)16(20)15-8-13(19)12-7-11(17)4-5-14(12)21-15/h4-5,7-8,10H,2-3,6,9H2,1H3/t10-/m1/s1. The van der Waals surface area contributed by atoms with Crippen molar-refractivity contribution in [3.05, 3.63) is 45.3 Å². The zero-order chi connectivity index (χ0) is 15.0. The molecule has 1 aromatic carbocycles. The predicted octanol–water partition coefficient (Wildman–Crippen LogP) is 3.32. The second-order valence-electron chi connectivity index (χ2n) is 5.61. The van der Waals surface area contributed by atoms with Crippen LogP contribution in [0.15, 0.2) is 33.5 Å². The van der Waals surface area contributed by atoms with Crippen molar-refractivity contribution in [1.29, 1.82) is 0 Å². The highest BCUT2D eigenvalue weighted by molar-refractivity contribution is 6.31. The SMILES string of the molecule is C[C@@H]1CCCN(C(=O)c2cc(=O)c3cc(Cl)ccc3o2)C1. The van der Waals surface area contributed by atoms with Crippen LogP contribution in [0.3, 0.4) is 0 Å². The van der Waals surface area contributed by atoms with Crippen LogP contribution in [0.2, 0.25) is 5.02 Å². The number of benzene rings is 1. The molecule has 1 fully saturated rings. The third-order valence-electron chi connectivity index (χ3n) is 3.84. The molecule has 0 saturated carbocycles. The van der Waals surface area contributed by atoms with Gasteiger partial charge in [-0.3, -0.25) is 9.59 Å². The summed E-state index contributed by atoms with van der Waals surface area (Å²) >= 11 is 5.88. The van der Waals surface area contributed by atoms with Crippen molar-refractivity contribution in [1.82, 2.24) is 4.90 Å². The second-order valence-corrected chi connectivity index (χ2v) is 6.05. The fourth-order valence-corrected chi connectivity index (χ4v) is 2.94. The van der Waals surface area contributed by atoms with Crippen molar-refractivity contribution < 1.29 is 9.21 Å². The Hall–Kier alpha value is -1.81. The molecule has 3 rings (SSSR count). The number of amides is 1. The number of hydrogen-bond acceptors (Lipinski definition) is 3. The molecule has 0 N–H and O–H groups in total. The largest absolute Gasteiger partial charge is 0.451 e. The van der Waals surface area contributed by atoms with Crippen LogP contribution in [0, 0.1) is 5.92 Å². The minimum Gasteiger partial charge on any atom is -0.451 e. The predicted molar refractivity (Wildman–Crippen MR) is 81.8 cm³/mol. The summed E-state index contributed by atoms with van der Waals surface area (Å²) in [6.07, 6.45) is 2.12. The first-order valence-electron chi connectivity index (χ1n) is 7.07. The number of halogens is 1. The molecule has 2 aromatic rings. The maximum atomic E-state index is 12.5. The highest BCUT2D eigenvalue weighted by Crippen LogP contribution is 2.21. The van der Waals surface area contributed by atoms with Gasteiger partial charge in [0.2, 0.25) is 0 Å². The molecule has 1 atom stereocenters. The Morgan fingerprint density at radius 2 is 2.19 bits per heavy atom. The van der Waals surface area contributed by atoms with Crippen LogP contribution in [0.5, 0.6) is 0 Å². The van der Waals surface area contributed by atoms with E-state index in [0.717, 1.165) is 12.8 Å². The molecule has 1 aliphatic rings. The van der Waals surface area contributed by atoms with Crippen molar-refractivity contribution in [2.75, 3.05) is 13.1 Å². The fourth-order valence-electron chi connectivity index (χ4n) is 2.76. The summed E-state index contributed by atoms with van der Waals surface area (Å²) in [5, 5.41) is 0.866. The van der Waals surface area contributed by atoms with Gasteiger partial charge in [0.25, 0.3) is 5.91 Å². The summed E-state index contributed by atoms with van der Waals surface area (Å²) in [5.41, 5.74) is 0.146. The van der Waals surface area contributed by atoms with E-state index in [1.54, 1.807) is 23.1 Å². The van der Waals surface area contributed by atoms with Crippen molar-refractivity contribution in [2.24, 2.45) is 5.92 Å². The monoisotopic (exact) mass is 305 g/mol. The van der Waals surface area contributed by atoms with Gasteiger partial charge in [-0.2, -0.15) is 0 Å². The Bertz CT molecular complexity index is 753. The van der Waals surface area contributed by atoms with Gasteiger partial charge in [0.1, 0.15) is 5.58 Å². The molecule has 1 aliphatic heterocycles. The van der Waals surface area contributed by atoms with Gasteiger partial charge in [0.05, 0.1) is 5.39 Å². The topological polar surface area (TPSA) is 50.5 Å². The highest BCUT2D eigenvalue weighted by atomic mass is 35.5. The number of nitrogens with zero attached hydrogens (tertiary/aromatic N) is 1. The number of carbonyl (C=O) groups excluding carboxylic acids is 1. The van der Waals surface area contributed by atoms with Crippen LogP contribution in [0.1, 0.15) is 30.3 Å². The Labute approximate surface area is 127 Å². The zero-order valence-corrected chi connectivity index (χ0v) is 12.5. The van der Waals surface area contributed by atoms with Gasteiger partial charge in [-0.15, -0.1) is 0 Å². The minimum absolute atomic E-state index is 0.101. The molecule has 0 aliphatic carbocycles. The molecular formula is C16H16ClNO3. The van der Waals surface area contributed by atoms with Crippen molar-refractivity contribution >= 4 is 28.5 Å². The lowest BCUT2D eigenvalue weighted by Gasteiger charge is -2.30. The van der Waals surface area contributed by atoms with E-state index in [4.69, 9.17) is 16.0 Å².